The Morgan fingerprint density at radius 3 is 2.70 bits per heavy atom. The summed E-state index contributed by atoms with van der Waals surface area (Å²) in [5.74, 6) is 0.782. The van der Waals surface area contributed by atoms with Crippen molar-refractivity contribution in [3.05, 3.63) is 59.7 Å². The number of hydrogen-bond acceptors (Lipinski definition) is 6. The smallest absolute Gasteiger partial charge is 0.182 e. The van der Waals surface area contributed by atoms with Crippen LogP contribution in [0.15, 0.2) is 36.9 Å². The van der Waals surface area contributed by atoms with E-state index < -0.39 is 0 Å². The average molecular weight is 364 g/mol. The number of ether oxygens (including phenoxy) is 1. The van der Waals surface area contributed by atoms with E-state index in [0.717, 1.165) is 5.56 Å². The van der Waals surface area contributed by atoms with Crippen LogP contribution in [0.2, 0.25) is 0 Å². The van der Waals surface area contributed by atoms with E-state index in [9.17, 15) is 4.39 Å². The number of nitrogens with zero attached hydrogens (tertiary/aromatic N) is 6. The third-order valence-corrected chi connectivity index (χ3v) is 4.24. The maximum absolute atomic E-state index is 14.5. The van der Waals surface area contributed by atoms with E-state index in [4.69, 9.17) is 4.74 Å². The number of benzene rings is 1. The zero-order chi connectivity index (χ0) is 19.0. The highest BCUT2D eigenvalue weighted by atomic mass is 19.1. The molecule has 0 N–H and O–H groups in total. The van der Waals surface area contributed by atoms with Crippen LogP contribution in [0.5, 0.6) is 5.75 Å². The molecule has 3 heterocycles. The van der Waals surface area contributed by atoms with Crippen LogP contribution in [0.1, 0.15) is 17.0 Å². The standard InChI is InChI=1S/C19H17FN6O/c1-11-4-14(27-3)5-12(18(11)20)6-17-22-9-16-19(25-17)24-15(8-21-16)13-7-23-26(2)10-13/h4-5,7-10H,6H2,1-3H3. The van der Waals surface area contributed by atoms with Gasteiger partial charge in [-0.2, -0.15) is 5.10 Å². The van der Waals surface area contributed by atoms with Crippen molar-refractivity contribution >= 4 is 11.2 Å². The Morgan fingerprint density at radius 1 is 1.11 bits per heavy atom. The molecule has 0 atom stereocenters. The normalized spacial score (nSPS) is 11.1. The summed E-state index contributed by atoms with van der Waals surface area (Å²) in [5.41, 5.74) is 3.55. The fourth-order valence-corrected chi connectivity index (χ4v) is 2.85. The zero-order valence-electron chi connectivity index (χ0n) is 15.1. The second kappa shape index (κ2) is 6.71. The largest absolute Gasteiger partial charge is 0.497 e. The number of rotatable bonds is 4. The highest BCUT2D eigenvalue weighted by Gasteiger charge is 2.12. The Labute approximate surface area is 154 Å². The molecule has 0 aliphatic carbocycles. The van der Waals surface area contributed by atoms with E-state index in [1.54, 1.807) is 49.4 Å². The van der Waals surface area contributed by atoms with Crippen molar-refractivity contribution in [2.75, 3.05) is 7.11 Å². The molecule has 0 unspecified atom stereocenters. The first-order chi connectivity index (χ1) is 13.0. The molecular formula is C19H17FN6O. The van der Waals surface area contributed by atoms with Crippen molar-refractivity contribution in [2.24, 2.45) is 7.05 Å². The third-order valence-electron chi connectivity index (χ3n) is 4.24. The van der Waals surface area contributed by atoms with Crippen LogP contribution in [-0.2, 0) is 13.5 Å². The molecule has 0 aliphatic rings. The molecule has 4 rings (SSSR count). The molecule has 0 spiro atoms. The van der Waals surface area contributed by atoms with E-state index in [0.29, 0.717) is 39.6 Å². The average Bonchev–Trinajstić information content (AvgIpc) is 3.11. The lowest BCUT2D eigenvalue weighted by molar-refractivity contribution is 0.412. The van der Waals surface area contributed by atoms with Gasteiger partial charge in [-0.15, -0.1) is 0 Å². The maximum atomic E-state index is 14.5. The highest BCUT2D eigenvalue weighted by molar-refractivity contribution is 5.72. The van der Waals surface area contributed by atoms with Gasteiger partial charge in [-0.3, -0.25) is 4.68 Å². The molecule has 0 saturated heterocycles. The van der Waals surface area contributed by atoms with Crippen LogP contribution in [0, 0.1) is 12.7 Å². The monoisotopic (exact) mass is 364 g/mol. The van der Waals surface area contributed by atoms with Gasteiger partial charge in [-0.25, -0.2) is 24.3 Å². The predicted molar refractivity (Wildman–Crippen MR) is 97.8 cm³/mol. The van der Waals surface area contributed by atoms with Crippen LogP contribution in [0.4, 0.5) is 4.39 Å². The summed E-state index contributed by atoms with van der Waals surface area (Å²) in [4.78, 5) is 17.7. The van der Waals surface area contributed by atoms with Gasteiger partial charge in [0.2, 0.25) is 0 Å². The van der Waals surface area contributed by atoms with Gasteiger partial charge in [0.1, 0.15) is 22.9 Å². The van der Waals surface area contributed by atoms with Crippen LogP contribution < -0.4 is 4.74 Å². The van der Waals surface area contributed by atoms with Gasteiger partial charge in [0.25, 0.3) is 0 Å². The van der Waals surface area contributed by atoms with Gasteiger partial charge in [0, 0.05) is 25.2 Å². The molecule has 0 fully saturated rings. The second-order valence-corrected chi connectivity index (χ2v) is 6.25. The lowest BCUT2D eigenvalue weighted by Crippen LogP contribution is -2.03. The molecule has 1 aromatic carbocycles. The summed E-state index contributed by atoms with van der Waals surface area (Å²) in [5, 5.41) is 4.14. The van der Waals surface area contributed by atoms with Crippen molar-refractivity contribution in [2.45, 2.75) is 13.3 Å². The molecular weight excluding hydrogens is 347 g/mol. The molecule has 3 aromatic heterocycles. The Morgan fingerprint density at radius 2 is 1.96 bits per heavy atom. The molecule has 4 aromatic rings. The van der Waals surface area contributed by atoms with E-state index in [-0.39, 0.29) is 12.2 Å². The van der Waals surface area contributed by atoms with E-state index >= 15 is 0 Å². The number of fused-ring (bicyclic) bond motifs is 1. The maximum Gasteiger partial charge on any atom is 0.182 e. The summed E-state index contributed by atoms with van der Waals surface area (Å²) >= 11 is 0. The van der Waals surface area contributed by atoms with E-state index in [2.05, 4.69) is 25.0 Å². The van der Waals surface area contributed by atoms with Crippen LogP contribution in [-0.4, -0.2) is 36.8 Å². The Kier molecular flexibility index (Phi) is 4.23. The molecule has 0 bridgehead atoms. The van der Waals surface area contributed by atoms with Crippen LogP contribution in [0.3, 0.4) is 0 Å². The quantitative estimate of drug-likeness (QED) is 0.554. The van der Waals surface area contributed by atoms with Crippen LogP contribution in [0.25, 0.3) is 22.4 Å². The lowest BCUT2D eigenvalue weighted by Gasteiger charge is -2.09. The molecule has 0 radical (unpaired) electrons. The van der Waals surface area contributed by atoms with E-state index in [1.807, 2.05) is 13.2 Å². The Hall–Kier alpha value is -3.42. The summed E-state index contributed by atoms with van der Waals surface area (Å²) in [6, 6.07) is 3.32. The van der Waals surface area contributed by atoms with Crippen molar-refractivity contribution in [1.82, 2.24) is 29.7 Å². The van der Waals surface area contributed by atoms with Gasteiger partial charge < -0.3 is 4.74 Å². The van der Waals surface area contributed by atoms with Gasteiger partial charge in [-0.05, 0) is 30.2 Å². The third kappa shape index (κ3) is 3.33. The SMILES string of the molecule is COc1cc(C)c(F)c(Cc2ncc3ncc(-c4cnn(C)c4)nc3n2)c1. The van der Waals surface area contributed by atoms with E-state index in [1.165, 1.54) is 0 Å². The predicted octanol–water partition coefficient (Wildman–Crippen LogP) is 2.87. The highest BCUT2D eigenvalue weighted by Crippen LogP contribution is 2.23. The number of hydrogen-bond donors (Lipinski definition) is 0. The fourth-order valence-electron chi connectivity index (χ4n) is 2.85. The number of aryl methyl sites for hydroxylation is 2. The topological polar surface area (TPSA) is 78.6 Å². The number of aromatic nitrogens is 6. The molecule has 0 saturated carbocycles. The van der Waals surface area contributed by atoms with Gasteiger partial charge in [-0.1, -0.05) is 0 Å². The van der Waals surface area contributed by atoms with Gasteiger partial charge in [0.05, 0.1) is 31.4 Å². The number of halogens is 1. The summed E-state index contributed by atoms with van der Waals surface area (Å²) in [7, 11) is 3.39. The van der Waals surface area contributed by atoms with Crippen molar-refractivity contribution in [3.63, 3.8) is 0 Å². The second-order valence-electron chi connectivity index (χ2n) is 6.25. The minimum absolute atomic E-state index is 0.235. The first-order valence-electron chi connectivity index (χ1n) is 8.34. The fraction of sp³-hybridized carbons (Fsp3) is 0.211. The molecule has 0 aliphatic heterocycles. The molecule has 0 amide bonds. The van der Waals surface area contributed by atoms with Gasteiger partial charge in [0.15, 0.2) is 5.65 Å². The minimum Gasteiger partial charge on any atom is -0.497 e. The van der Waals surface area contributed by atoms with Crippen molar-refractivity contribution in [1.29, 1.82) is 0 Å². The Bertz CT molecular complexity index is 1140. The van der Waals surface area contributed by atoms with Crippen molar-refractivity contribution < 1.29 is 9.13 Å². The number of methoxy groups -OCH3 is 1. The molecule has 7 nitrogen and oxygen atoms in total. The summed E-state index contributed by atoms with van der Waals surface area (Å²) in [6.45, 7) is 1.70. The lowest BCUT2D eigenvalue weighted by atomic mass is 10.1. The summed E-state index contributed by atoms with van der Waals surface area (Å²) in [6.07, 6.45) is 7.06. The Balaban J connectivity index is 1.72. The van der Waals surface area contributed by atoms with Crippen LogP contribution >= 0.6 is 0 Å². The minimum atomic E-state index is -0.283. The molecule has 136 valence electrons. The van der Waals surface area contributed by atoms with Gasteiger partial charge >= 0.3 is 0 Å². The zero-order valence-corrected chi connectivity index (χ0v) is 15.1. The summed E-state index contributed by atoms with van der Waals surface area (Å²) < 4.78 is 21.4. The first-order valence-corrected chi connectivity index (χ1v) is 8.34. The van der Waals surface area contributed by atoms with Crippen molar-refractivity contribution in [3.8, 4) is 17.0 Å². The molecule has 27 heavy (non-hydrogen) atoms. The molecule has 8 heteroatoms. The first kappa shape index (κ1) is 17.0.